The lowest BCUT2D eigenvalue weighted by molar-refractivity contribution is 0.252. The molecule has 0 radical (unpaired) electrons. The molecule has 0 fully saturated rings. The van der Waals surface area contributed by atoms with Crippen molar-refractivity contribution in [3.05, 3.63) is 30.5 Å². The molecule has 0 bridgehead atoms. The fourth-order valence-corrected chi connectivity index (χ4v) is 1.72. The zero-order valence-electron chi connectivity index (χ0n) is 8.06. The summed E-state index contributed by atoms with van der Waals surface area (Å²) in [6, 6.07) is 6.66. The van der Waals surface area contributed by atoms with E-state index < -0.39 is 5.76 Å². The van der Waals surface area contributed by atoms with E-state index in [1.807, 2.05) is 0 Å². The van der Waals surface area contributed by atoms with Crippen LogP contribution in [-0.4, -0.2) is 10.7 Å². The first-order valence-electron chi connectivity index (χ1n) is 4.42. The van der Waals surface area contributed by atoms with Gasteiger partial charge in [0, 0.05) is 10.5 Å². The summed E-state index contributed by atoms with van der Waals surface area (Å²) in [5.41, 5.74) is 6.08. The van der Waals surface area contributed by atoms with Crippen molar-refractivity contribution in [1.82, 2.24) is 4.98 Å². The van der Waals surface area contributed by atoms with Crippen molar-refractivity contribution < 1.29 is 13.2 Å². The number of halogens is 2. The first-order valence-corrected chi connectivity index (χ1v) is 5.29. The molecule has 0 saturated carbocycles. The lowest BCUT2D eigenvalue weighted by Gasteiger charge is -2.00. The summed E-state index contributed by atoms with van der Waals surface area (Å²) in [6.45, 7) is 0. The number of nitrogens with two attached hydrogens (primary N) is 1. The molecule has 0 spiro atoms. The minimum Gasteiger partial charge on any atom is -0.424 e. The molecule has 1 heterocycles. The highest BCUT2D eigenvalue weighted by molar-refractivity contribution is 7.99. The largest absolute Gasteiger partial charge is 0.424 e. The molecule has 1 aromatic carbocycles. The third-order valence-electron chi connectivity index (χ3n) is 1.89. The predicted octanol–water partition coefficient (Wildman–Crippen LogP) is 3.24. The minimum absolute atomic E-state index is 0.0843. The molecule has 0 atom stereocenters. The zero-order valence-corrected chi connectivity index (χ0v) is 8.88. The molecule has 3 nitrogen and oxygen atoms in total. The maximum Gasteiger partial charge on any atom is 0.292 e. The Morgan fingerprint density at radius 3 is 2.44 bits per heavy atom. The summed E-state index contributed by atoms with van der Waals surface area (Å²) in [5, 5.41) is 0. The molecule has 2 aromatic rings. The van der Waals surface area contributed by atoms with Crippen molar-refractivity contribution >= 4 is 17.8 Å². The van der Waals surface area contributed by atoms with Crippen LogP contribution in [-0.2, 0) is 0 Å². The van der Waals surface area contributed by atoms with Crippen LogP contribution >= 0.6 is 11.8 Å². The van der Waals surface area contributed by atoms with Crippen molar-refractivity contribution in [2.45, 2.75) is 10.7 Å². The third-order valence-corrected chi connectivity index (χ3v) is 2.61. The Bertz CT molecular complexity index is 470. The molecule has 2 rings (SSSR count). The van der Waals surface area contributed by atoms with E-state index in [1.54, 1.807) is 24.3 Å². The van der Waals surface area contributed by atoms with E-state index in [9.17, 15) is 8.78 Å². The second-order valence-corrected chi connectivity index (χ2v) is 4.03. The number of alkyl halides is 2. The molecule has 1 aromatic heterocycles. The van der Waals surface area contributed by atoms with E-state index >= 15 is 0 Å². The maximum atomic E-state index is 12.1. The fraction of sp³-hybridized carbons (Fsp3) is 0.100. The predicted molar refractivity (Wildman–Crippen MR) is 58.2 cm³/mol. The summed E-state index contributed by atoms with van der Waals surface area (Å²) in [7, 11) is 0. The van der Waals surface area contributed by atoms with Crippen molar-refractivity contribution in [1.29, 1.82) is 0 Å². The van der Waals surface area contributed by atoms with E-state index in [-0.39, 0.29) is 6.01 Å². The molecule has 84 valence electrons. The van der Waals surface area contributed by atoms with Gasteiger partial charge in [0.15, 0.2) is 5.76 Å². The third kappa shape index (κ3) is 2.52. The molecule has 6 heteroatoms. The average Bonchev–Trinajstić information content (AvgIpc) is 2.65. The van der Waals surface area contributed by atoms with Crippen LogP contribution in [0.3, 0.4) is 0 Å². The van der Waals surface area contributed by atoms with E-state index in [1.165, 1.54) is 6.20 Å². The second kappa shape index (κ2) is 4.52. The Hall–Kier alpha value is -1.56. The van der Waals surface area contributed by atoms with E-state index in [0.29, 0.717) is 22.4 Å². The quantitative estimate of drug-likeness (QED) is 0.839. The summed E-state index contributed by atoms with van der Waals surface area (Å²) < 4.78 is 29.2. The van der Waals surface area contributed by atoms with Crippen molar-refractivity contribution in [2.24, 2.45) is 0 Å². The van der Waals surface area contributed by atoms with Crippen LogP contribution in [0.2, 0.25) is 0 Å². The Kier molecular flexibility index (Phi) is 3.09. The first-order chi connectivity index (χ1) is 7.65. The van der Waals surface area contributed by atoms with Crippen LogP contribution in [0.5, 0.6) is 0 Å². The van der Waals surface area contributed by atoms with E-state index in [4.69, 9.17) is 10.2 Å². The number of thioether (sulfide) groups is 1. The molecule has 0 saturated heterocycles. The van der Waals surface area contributed by atoms with Crippen LogP contribution < -0.4 is 5.73 Å². The molecule has 0 amide bonds. The van der Waals surface area contributed by atoms with Crippen molar-refractivity contribution in [3.63, 3.8) is 0 Å². The molecular formula is C10H8F2N2OS. The van der Waals surface area contributed by atoms with Gasteiger partial charge in [0.25, 0.3) is 11.8 Å². The van der Waals surface area contributed by atoms with Crippen molar-refractivity contribution in [2.75, 3.05) is 5.73 Å². The van der Waals surface area contributed by atoms with Gasteiger partial charge in [0.05, 0.1) is 6.20 Å². The molecule has 16 heavy (non-hydrogen) atoms. The van der Waals surface area contributed by atoms with E-state index in [2.05, 4.69) is 4.98 Å². The summed E-state index contributed by atoms with van der Waals surface area (Å²) in [5.74, 6) is -1.89. The highest BCUT2D eigenvalue weighted by Gasteiger charge is 2.07. The van der Waals surface area contributed by atoms with E-state index in [0.717, 1.165) is 5.56 Å². The van der Waals surface area contributed by atoms with Gasteiger partial charge in [-0.05, 0) is 12.1 Å². The maximum absolute atomic E-state index is 12.1. The topological polar surface area (TPSA) is 52.0 Å². The zero-order chi connectivity index (χ0) is 11.5. The first kappa shape index (κ1) is 10.9. The number of oxazole rings is 1. The molecule has 0 unspecified atom stereocenters. The van der Waals surface area contributed by atoms with Gasteiger partial charge in [-0.1, -0.05) is 23.9 Å². The smallest absolute Gasteiger partial charge is 0.292 e. The van der Waals surface area contributed by atoms with Crippen LogP contribution in [0.1, 0.15) is 0 Å². The highest BCUT2D eigenvalue weighted by atomic mass is 32.2. The van der Waals surface area contributed by atoms with Gasteiger partial charge in [-0.15, -0.1) is 0 Å². The van der Waals surface area contributed by atoms with Crippen LogP contribution in [0, 0.1) is 0 Å². The minimum atomic E-state index is -2.41. The summed E-state index contributed by atoms with van der Waals surface area (Å²) in [6.07, 6.45) is 1.49. The van der Waals surface area contributed by atoms with Gasteiger partial charge in [0.1, 0.15) is 0 Å². The number of nitrogen functional groups attached to an aromatic ring is 1. The monoisotopic (exact) mass is 242 g/mol. The number of hydrogen-bond donors (Lipinski definition) is 1. The van der Waals surface area contributed by atoms with Gasteiger partial charge < -0.3 is 10.2 Å². The lowest BCUT2D eigenvalue weighted by atomic mass is 10.2. The van der Waals surface area contributed by atoms with Crippen LogP contribution in [0.25, 0.3) is 11.3 Å². The Morgan fingerprint density at radius 2 is 1.94 bits per heavy atom. The number of hydrogen-bond acceptors (Lipinski definition) is 4. The van der Waals surface area contributed by atoms with Gasteiger partial charge in [-0.25, -0.2) is 4.98 Å². The number of nitrogens with zero attached hydrogens (tertiary/aromatic N) is 1. The number of benzene rings is 1. The van der Waals surface area contributed by atoms with Crippen LogP contribution in [0.15, 0.2) is 39.8 Å². The fourth-order valence-electron chi connectivity index (χ4n) is 1.22. The van der Waals surface area contributed by atoms with Gasteiger partial charge in [-0.2, -0.15) is 8.78 Å². The normalized spacial score (nSPS) is 10.9. The number of rotatable bonds is 3. The SMILES string of the molecule is Nc1ncc(-c2ccc(SC(F)F)cc2)o1. The summed E-state index contributed by atoms with van der Waals surface area (Å²) in [4.78, 5) is 4.26. The molecule has 0 aliphatic carbocycles. The Morgan fingerprint density at radius 1 is 1.25 bits per heavy atom. The standard InChI is InChI=1S/C10H8F2N2OS/c11-9(12)16-7-3-1-6(2-4-7)8-5-14-10(13)15-8/h1-5,9H,(H2,13,14). The molecule has 0 aliphatic rings. The Labute approximate surface area is 94.7 Å². The molecule has 2 N–H and O–H groups in total. The number of aromatic nitrogens is 1. The van der Waals surface area contributed by atoms with Crippen molar-refractivity contribution in [3.8, 4) is 11.3 Å². The second-order valence-electron chi connectivity index (χ2n) is 2.97. The molecular weight excluding hydrogens is 234 g/mol. The molecule has 0 aliphatic heterocycles. The van der Waals surface area contributed by atoms with Gasteiger partial charge >= 0.3 is 0 Å². The van der Waals surface area contributed by atoms with Crippen LogP contribution in [0.4, 0.5) is 14.8 Å². The average molecular weight is 242 g/mol. The lowest BCUT2D eigenvalue weighted by Crippen LogP contribution is -1.81. The van der Waals surface area contributed by atoms with Gasteiger partial charge in [-0.3, -0.25) is 0 Å². The highest BCUT2D eigenvalue weighted by Crippen LogP contribution is 2.28. The van der Waals surface area contributed by atoms with Gasteiger partial charge in [0.2, 0.25) is 0 Å². The number of anilines is 1. The Balaban J connectivity index is 2.19. The summed E-state index contributed by atoms with van der Waals surface area (Å²) >= 11 is 0.503.